The number of benzene rings is 1. The molecule has 2 aromatic rings. The van der Waals surface area contributed by atoms with Crippen molar-refractivity contribution in [2.24, 2.45) is 0 Å². The van der Waals surface area contributed by atoms with E-state index < -0.39 is 5.60 Å². The van der Waals surface area contributed by atoms with Gasteiger partial charge in [0.2, 0.25) is 0 Å². The molecular weight excluding hydrogens is 292 g/mol. The molecule has 6 nitrogen and oxygen atoms in total. The van der Waals surface area contributed by atoms with E-state index in [2.05, 4.69) is 26.7 Å². The summed E-state index contributed by atoms with van der Waals surface area (Å²) in [6, 6.07) is 6.68. The van der Waals surface area contributed by atoms with Gasteiger partial charge in [-0.15, -0.1) is 0 Å². The number of aromatic nitrogens is 2. The lowest BCUT2D eigenvalue weighted by Gasteiger charge is -2.37. The molecule has 23 heavy (non-hydrogen) atoms. The van der Waals surface area contributed by atoms with E-state index in [1.807, 2.05) is 39.8 Å². The fourth-order valence-corrected chi connectivity index (χ4v) is 2.79. The number of carbonyl (C=O) groups excluding carboxylic acids is 1. The number of imidazole rings is 1. The summed E-state index contributed by atoms with van der Waals surface area (Å²) in [6.45, 7) is 7.55. The van der Waals surface area contributed by atoms with Crippen LogP contribution in [0.5, 0.6) is 0 Å². The third-order valence-electron chi connectivity index (χ3n) is 3.83. The van der Waals surface area contributed by atoms with Gasteiger partial charge in [0.1, 0.15) is 11.4 Å². The van der Waals surface area contributed by atoms with Crippen LogP contribution >= 0.6 is 0 Å². The fourth-order valence-electron chi connectivity index (χ4n) is 2.79. The van der Waals surface area contributed by atoms with E-state index in [4.69, 9.17) is 4.74 Å². The molecule has 6 heteroatoms. The van der Waals surface area contributed by atoms with Crippen molar-refractivity contribution >= 4 is 22.8 Å². The van der Waals surface area contributed by atoms with Gasteiger partial charge in [-0.1, -0.05) is 0 Å². The normalized spacial score (nSPS) is 20.9. The Morgan fingerprint density at radius 1 is 1.30 bits per heavy atom. The molecule has 1 heterocycles. The summed E-state index contributed by atoms with van der Waals surface area (Å²) in [5.74, 6) is 0.919. The SMILES string of the molecule is Cc1nc2ccc(NC3CC(NC(=O)OC(C)(C)C)C3)cc2[nH]1. The number of aromatic amines is 1. The third kappa shape index (κ3) is 3.94. The molecular formula is C17H24N4O2. The van der Waals surface area contributed by atoms with Crippen LogP contribution in [0.3, 0.4) is 0 Å². The molecule has 124 valence electrons. The standard InChI is InChI=1S/C17H24N4O2/c1-10-18-14-6-5-11(9-15(14)19-10)20-12-7-13(8-12)21-16(22)23-17(2,3)4/h5-6,9,12-13,20H,7-8H2,1-4H3,(H,18,19)(H,21,22). The van der Waals surface area contributed by atoms with Gasteiger partial charge in [0.25, 0.3) is 0 Å². The van der Waals surface area contributed by atoms with Gasteiger partial charge in [-0.25, -0.2) is 9.78 Å². The summed E-state index contributed by atoms with van der Waals surface area (Å²) >= 11 is 0. The first-order valence-corrected chi connectivity index (χ1v) is 8.01. The van der Waals surface area contributed by atoms with Gasteiger partial charge in [0.05, 0.1) is 11.0 Å². The molecule has 0 bridgehead atoms. The quantitative estimate of drug-likeness (QED) is 0.811. The number of amides is 1. The van der Waals surface area contributed by atoms with Crippen LogP contribution in [0.2, 0.25) is 0 Å². The van der Waals surface area contributed by atoms with Crippen LogP contribution in [-0.4, -0.2) is 33.7 Å². The summed E-state index contributed by atoms with van der Waals surface area (Å²) in [6.07, 6.45) is 1.47. The second kappa shape index (κ2) is 5.76. The molecule has 1 saturated carbocycles. The molecule has 1 aliphatic rings. The average Bonchev–Trinajstić information content (AvgIpc) is 2.73. The molecule has 0 saturated heterocycles. The van der Waals surface area contributed by atoms with E-state index in [0.29, 0.717) is 6.04 Å². The lowest BCUT2D eigenvalue weighted by molar-refractivity contribution is 0.0475. The Kier molecular flexibility index (Phi) is 3.92. The lowest BCUT2D eigenvalue weighted by Crippen LogP contribution is -2.50. The maximum atomic E-state index is 11.7. The predicted octanol–water partition coefficient (Wildman–Crippen LogP) is 3.34. The summed E-state index contributed by atoms with van der Waals surface area (Å²) in [7, 11) is 0. The Balaban J connectivity index is 1.48. The van der Waals surface area contributed by atoms with Crippen LogP contribution in [0, 0.1) is 6.92 Å². The first-order chi connectivity index (χ1) is 10.8. The molecule has 1 aliphatic carbocycles. The fraction of sp³-hybridized carbons (Fsp3) is 0.529. The molecule has 3 rings (SSSR count). The highest BCUT2D eigenvalue weighted by atomic mass is 16.6. The number of carbonyl (C=O) groups is 1. The van der Waals surface area contributed by atoms with Crippen molar-refractivity contribution in [3.05, 3.63) is 24.0 Å². The second-order valence-corrected chi connectivity index (χ2v) is 7.21. The number of fused-ring (bicyclic) bond motifs is 1. The number of nitrogens with zero attached hydrogens (tertiary/aromatic N) is 1. The van der Waals surface area contributed by atoms with Crippen molar-refractivity contribution in [3.8, 4) is 0 Å². The highest BCUT2D eigenvalue weighted by molar-refractivity contribution is 5.79. The summed E-state index contributed by atoms with van der Waals surface area (Å²) in [4.78, 5) is 19.3. The minimum absolute atomic E-state index is 0.181. The number of aryl methyl sites for hydroxylation is 1. The van der Waals surface area contributed by atoms with Gasteiger partial charge < -0.3 is 20.4 Å². The van der Waals surface area contributed by atoms with Gasteiger partial charge in [0, 0.05) is 17.8 Å². The van der Waals surface area contributed by atoms with E-state index in [9.17, 15) is 4.79 Å². The van der Waals surface area contributed by atoms with E-state index in [1.54, 1.807) is 0 Å². The van der Waals surface area contributed by atoms with Gasteiger partial charge >= 0.3 is 6.09 Å². The maximum Gasteiger partial charge on any atom is 0.407 e. The topological polar surface area (TPSA) is 79.0 Å². The molecule has 0 unspecified atom stereocenters. The van der Waals surface area contributed by atoms with Crippen molar-refractivity contribution < 1.29 is 9.53 Å². The minimum atomic E-state index is -0.455. The van der Waals surface area contributed by atoms with Gasteiger partial charge in [-0.05, 0) is 58.7 Å². The second-order valence-electron chi connectivity index (χ2n) is 7.21. The number of hydrogen-bond donors (Lipinski definition) is 3. The molecule has 1 amide bonds. The van der Waals surface area contributed by atoms with Crippen LogP contribution in [-0.2, 0) is 4.74 Å². The van der Waals surface area contributed by atoms with E-state index in [0.717, 1.165) is 35.4 Å². The molecule has 0 atom stereocenters. The van der Waals surface area contributed by atoms with Crippen molar-refractivity contribution in [1.82, 2.24) is 15.3 Å². The smallest absolute Gasteiger partial charge is 0.407 e. The molecule has 0 radical (unpaired) electrons. The van der Waals surface area contributed by atoms with Crippen molar-refractivity contribution in [3.63, 3.8) is 0 Å². The first-order valence-electron chi connectivity index (χ1n) is 8.01. The molecule has 1 aromatic heterocycles. The maximum absolute atomic E-state index is 11.7. The van der Waals surface area contributed by atoms with E-state index in [-0.39, 0.29) is 12.1 Å². The summed E-state index contributed by atoms with van der Waals surface area (Å²) in [5.41, 5.74) is 2.63. The number of rotatable bonds is 3. The largest absolute Gasteiger partial charge is 0.444 e. The lowest BCUT2D eigenvalue weighted by atomic mass is 9.86. The Morgan fingerprint density at radius 2 is 2.04 bits per heavy atom. The van der Waals surface area contributed by atoms with Crippen molar-refractivity contribution in [2.75, 3.05) is 5.32 Å². The average molecular weight is 316 g/mol. The number of alkyl carbamates (subject to hydrolysis) is 1. The van der Waals surface area contributed by atoms with Crippen LogP contribution in [0.4, 0.5) is 10.5 Å². The number of anilines is 1. The minimum Gasteiger partial charge on any atom is -0.444 e. The van der Waals surface area contributed by atoms with Crippen molar-refractivity contribution in [1.29, 1.82) is 0 Å². The van der Waals surface area contributed by atoms with Crippen LogP contribution in [0.1, 0.15) is 39.4 Å². The highest BCUT2D eigenvalue weighted by Gasteiger charge is 2.31. The predicted molar refractivity (Wildman–Crippen MR) is 90.6 cm³/mol. The summed E-state index contributed by atoms with van der Waals surface area (Å²) in [5, 5.41) is 6.40. The molecule has 0 spiro atoms. The summed E-state index contributed by atoms with van der Waals surface area (Å²) < 4.78 is 5.27. The van der Waals surface area contributed by atoms with Crippen LogP contribution in [0.25, 0.3) is 11.0 Å². The Labute approximate surface area is 136 Å². The van der Waals surface area contributed by atoms with E-state index >= 15 is 0 Å². The Hall–Kier alpha value is -2.24. The van der Waals surface area contributed by atoms with Gasteiger partial charge in [-0.3, -0.25) is 0 Å². The molecule has 1 aromatic carbocycles. The zero-order valence-corrected chi connectivity index (χ0v) is 14.1. The molecule has 3 N–H and O–H groups in total. The Bertz CT molecular complexity index is 711. The first kappa shape index (κ1) is 15.6. The zero-order valence-electron chi connectivity index (χ0n) is 14.1. The number of nitrogens with one attached hydrogen (secondary N) is 3. The number of hydrogen-bond acceptors (Lipinski definition) is 4. The van der Waals surface area contributed by atoms with E-state index in [1.165, 1.54) is 0 Å². The number of H-pyrrole nitrogens is 1. The Morgan fingerprint density at radius 3 is 2.74 bits per heavy atom. The molecule has 1 fully saturated rings. The van der Waals surface area contributed by atoms with Crippen LogP contribution in [0.15, 0.2) is 18.2 Å². The highest BCUT2D eigenvalue weighted by Crippen LogP contribution is 2.26. The third-order valence-corrected chi connectivity index (χ3v) is 3.83. The number of ether oxygens (including phenoxy) is 1. The molecule has 0 aliphatic heterocycles. The van der Waals surface area contributed by atoms with Gasteiger partial charge in [-0.2, -0.15) is 0 Å². The van der Waals surface area contributed by atoms with Crippen molar-refractivity contribution in [2.45, 2.75) is 58.2 Å². The zero-order chi connectivity index (χ0) is 16.6. The van der Waals surface area contributed by atoms with Crippen LogP contribution < -0.4 is 10.6 Å². The van der Waals surface area contributed by atoms with Gasteiger partial charge in [0.15, 0.2) is 0 Å². The monoisotopic (exact) mass is 316 g/mol.